The molecule has 0 fully saturated rings. The molecule has 116 valence electrons. The SMILES string of the molecule is COC(=O)C(N)CCCC(N)C(=O)NC(C)C(=O)OC. The van der Waals surface area contributed by atoms with E-state index in [2.05, 4.69) is 14.8 Å². The minimum Gasteiger partial charge on any atom is -0.468 e. The van der Waals surface area contributed by atoms with Crippen LogP contribution in [0, 0.1) is 0 Å². The summed E-state index contributed by atoms with van der Waals surface area (Å²) in [6.45, 7) is 1.50. The van der Waals surface area contributed by atoms with E-state index in [1.165, 1.54) is 21.1 Å². The number of carbonyl (C=O) groups is 3. The fraction of sp³-hybridized carbons (Fsp3) is 0.750. The Bertz CT molecular complexity index is 348. The lowest BCUT2D eigenvalue weighted by molar-refractivity contribution is -0.144. The normalized spacial score (nSPS) is 14.8. The Hall–Kier alpha value is -1.67. The second kappa shape index (κ2) is 9.27. The van der Waals surface area contributed by atoms with Gasteiger partial charge < -0.3 is 26.3 Å². The second-order valence-electron chi connectivity index (χ2n) is 4.42. The van der Waals surface area contributed by atoms with Gasteiger partial charge in [-0.2, -0.15) is 0 Å². The monoisotopic (exact) mass is 289 g/mol. The van der Waals surface area contributed by atoms with Gasteiger partial charge in [0.1, 0.15) is 12.1 Å². The molecule has 20 heavy (non-hydrogen) atoms. The molecule has 0 aliphatic rings. The van der Waals surface area contributed by atoms with Crippen LogP contribution in [0.4, 0.5) is 0 Å². The van der Waals surface area contributed by atoms with E-state index in [0.29, 0.717) is 19.3 Å². The van der Waals surface area contributed by atoms with Crippen LogP contribution in [0.15, 0.2) is 0 Å². The van der Waals surface area contributed by atoms with Crippen molar-refractivity contribution < 1.29 is 23.9 Å². The van der Waals surface area contributed by atoms with Crippen LogP contribution in [0.5, 0.6) is 0 Å². The van der Waals surface area contributed by atoms with Gasteiger partial charge in [0.15, 0.2) is 0 Å². The number of rotatable bonds is 8. The summed E-state index contributed by atoms with van der Waals surface area (Å²) in [6.07, 6.45) is 1.22. The molecule has 0 spiro atoms. The van der Waals surface area contributed by atoms with Gasteiger partial charge in [-0.05, 0) is 26.2 Å². The lowest BCUT2D eigenvalue weighted by Gasteiger charge is -2.16. The molecule has 8 nitrogen and oxygen atoms in total. The van der Waals surface area contributed by atoms with Crippen molar-refractivity contribution in [1.29, 1.82) is 0 Å². The maximum absolute atomic E-state index is 11.7. The van der Waals surface area contributed by atoms with Crippen LogP contribution >= 0.6 is 0 Å². The van der Waals surface area contributed by atoms with Gasteiger partial charge in [-0.15, -0.1) is 0 Å². The van der Waals surface area contributed by atoms with Crippen molar-refractivity contribution in [2.24, 2.45) is 11.5 Å². The zero-order chi connectivity index (χ0) is 15.7. The molecule has 0 aliphatic heterocycles. The van der Waals surface area contributed by atoms with Gasteiger partial charge in [0.25, 0.3) is 0 Å². The molecule has 0 saturated carbocycles. The van der Waals surface area contributed by atoms with Crippen LogP contribution in [0.1, 0.15) is 26.2 Å². The minimum atomic E-state index is -0.771. The third kappa shape index (κ3) is 6.48. The van der Waals surface area contributed by atoms with Crippen molar-refractivity contribution >= 4 is 17.8 Å². The zero-order valence-electron chi connectivity index (χ0n) is 12.0. The van der Waals surface area contributed by atoms with E-state index in [0.717, 1.165) is 0 Å². The summed E-state index contributed by atoms with van der Waals surface area (Å²) in [5, 5.41) is 2.44. The van der Waals surface area contributed by atoms with Gasteiger partial charge in [-0.25, -0.2) is 4.79 Å². The van der Waals surface area contributed by atoms with Crippen molar-refractivity contribution in [1.82, 2.24) is 5.32 Å². The average molecular weight is 289 g/mol. The van der Waals surface area contributed by atoms with Gasteiger partial charge in [0.2, 0.25) is 5.91 Å². The summed E-state index contributed by atoms with van der Waals surface area (Å²) >= 11 is 0. The first-order valence-electron chi connectivity index (χ1n) is 6.30. The molecule has 1 amide bonds. The highest BCUT2D eigenvalue weighted by Crippen LogP contribution is 2.03. The van der Waals surface area contributed by atoms with Crippen LogP contribution in [0.3, 0.4) is 0 Å². The molecule has 5 N–H and O–H groups in total. The third-order valence-electron chi connectivity index (χ3n) is 2.78. The molecule has 8 heteroatoms. The average Bonchev–Trinajstić information content (AvgIpc) is 2.44. The molecule has 0 aromatic rings. The molecular formula is C12H23N3O5. The quantitative estimate of drug-likeness (QED) is 0.471. The number of methoxy groups -OCH3 is 2. The molecule has 0 rings (SSSR count). The number of nitrogens with one attached hydrogen (secondary N) is 1. The highest BCUT2D eigenvalue weighted by atomic mass is 16.5. The lowest BCUT2D eigenvalue weighted by Crippen LogP contribution is -2.47. The molecule has 0 bridgehead atoms. The van der Waals surface area contributed by atoms with Crippen LogP contribution in [-0.2, 0) is 23.9 Å². The largest absolute Gasteiger partial charge is 0.468 e. The Morgan fingerprint density at radius 1 is 1.00 bits per heavy atom. The fourth-order valence-corrected chi connectivity index (χ4v) is 1.51. The van der Waals surface area contributed by atoms with E-state index in [1.54, 1.807) is 0 Å². The topological polar surface area (TPSA) is 134 Å². The fourth-order valence-electron chi connectivity index (χ4n) is 1.51. The van der Waals surface area contributed by atoms with Gasteiger partial charge in [-0.1, -0.05) is 0 Å². The van der Waals surface area contributed by atoms with Crippen molar-refractivity contribution in [3.63, 3.8) is 0 Å². The number of esters is 2. The van der Waals surface area contributed by atoms with E-state index in [-0.39, 0.29) is 0 Å². The van der Waals surface area contributed by atoms with E-state index < -0.39 is 36.0 Å². The molecule has 0 saturated heterocycles. The second-order valence-corrected chi connectivity index (χ2v) is 4.42. The molecule has 0 aromatic heterocycles. The first kappa shape index (κ1) is 18.3. The minimum absolute atomic E-state index is 0.352. The zero-order valence-corrected chi connectivity index (χ0v) is 12.0. The molecule has 3 unspecified atom stereocenters. The van der Waals surface area contributed by atoms with Gasteiger partial charge in [0, 0.05) is 0 Å². The standard InChI is InChI=1S/C12H23N3O5/c1-7(11(17)19-2)15-10(16)8(13)5-4-6-9(14)12(18)20-3/h7-9H,4-6,13-14H2,1-3H3,(H,15,16). The van der Waals surface area contributed by atoms with Crippen LogP contribution in [0.2, 0.25) is 0 Å². The third-order valence-corrected chi connectivity index (χ3v) is 2.78. The summed E-state index contributed by atoms with van der Waals surface area (Å²) in [5.74, 6) is -1.49. The maximum Gasteiger partial charge on any atom is 0.328 e. The van der Waals surface area contributed by atoms with Crippen molar-refractivity contribution in [3.8, 4) is 0 Å². The van der Waals surface area contributed by atoms with Crippen molar-refractivity contribution in [2.45, 2.75) is 44.3 Å². The number of amides is 1. The predicted molar refractivity (Wildman–Crippen MR) is 71.4 cm³/mol. The Kier molecular flexibility index (Phi) is 8.49. The number of nitrogens with two attached hydrogens (primary N) is 2. The number of ether oxygens (including phenoxy) is 2. The Morgan fingerprint density at radius 2 is 1.50 bits per heavy atom. The first-order chi connectivity index (χ1) is 9.33. The van der Waals surface area contributed by atoms with E-state index in [4.69, 9.17) is 11.5 Å². The maximum atomic E-state index is 11.7. The summed E-state index contributed by atoms with van der Waals surface area (Å²) < 4.78 is 8.96. The number of carbonyl (C=O) groups excluding carboxylic acids is 3. The van der Waals surface area contributed by atoms with Crippen molar-refractivity contribution in [3.05, 3.63) is 0 Å². The molecule has 0 aliphatic carbocycles. The Labute approximate surface area is 118 Å². The van der Waals surface area contributed by atoms with Crippen LogP contribution < -0.4 is 16.8 Å². The Balaban J connectivity index is 4.03. The van der Waals surface area contributed by atoms with Gasteiger partial charge in [0.05, 0.1) is 20.3 Å². The molecule has 3 atom stereocenters. The highest BCUT2D eigenvalue weighted by Gasteiger charge is 2.21. The Morgan fingerprint density at radius 3 is 2.00 bits per heavy atom. The summed E-state index contributed by atoms with van der Waals surface area (Å²) in [4.78, 5) is 33.9. The molecule has 0 aromatic carbocycles. The summed E-state index contributed by atoms with van der Waals surface area (Å²) in [6, 6.07) is -2.24. The summed E-state index contributed by atoms with van der Waals surface area (Å²) in [7, 11) is 2.49. The van der Waals surface area contributed by atoms with E-state index in [1.807, 2.05) is 0 Å². The van der Waals surface area contributed by atoms with Crippen molar-refractivity contribution in [2.75, 3.05) is 14.2 Å². The number of hydrogen-bond acceptors (Lipinski definition) is 7. The predicted octanol–water partition coefficient (Wildman–Crippen LogP) is -1.34. The lowest BCUT2D eigenvalue weighted by atomic mass is 10.1. The van der Waals surface area contributed by atoms with Gasteiger partial charge in [-0.3, -0.25) is 9.59 Å². The smallest absolute Gasteiger partial charge is 0.328 e. The molecule has 0 radical (unpaired) electrons. The van der Waals surface area contributed by atoms with E-state index >= 15 is 0 Å². The van der Waals surface area contributed by atoms with Crippen LogP contribution in [-0.4, -0.2) is 50.2 Å². The highest BCUT2D eigenvalue weighted by molar-refractivity contribution is 5.87. The van der Waals surface area contributed by atoms with Crippen LogP contribution in [0.25, 0.3) is 0 Å². The molecule has 0 heterocycles. The number of hydrogen-bond donors (Lipinski definition) is 3. The first-order valence-corrected chi connectivity index (χ1v) is 6.30. The summed E-state index contributed by atoms with van der Waals surface area (Å²) in [5.41, 5.74) is 11.2. The van der Waals surface area contributed by atoms with E-state index in [9.17, 15) is 14.4 Å². The molecular weight excluding hydrogens is 266 g/mol. The van der Waals surface area contributed by atoms with Gasteiger partial charge >= 0.3 is 11.9 Å².